The molecule has 0 radical (unpaired) electrons. The van der Waals surface area contributed by atoms with E-state index in [0.29, 0.717) is 35.9 Å². The maximum atomic E-state index is 14.5. The molecular weight excluding hydrogens is 604 g/mol. The molecule has 4 heterocycles. The number of hydrogen-bond acceptors (Lipinski definition) is 7. The van der Waals surface area contributed by atoms with Gasteiger partial charge < -0.3 is 29.0 Å². The highest BCUT2D eigenvalue weighted by Crippen LogP contribution is 2.55. The van der Waals surface area contributed by atoms with Gasteiger partial charge >= 0.3 is 0 Å². The number of aryl methyl sites for hydroxylation is 2. The first-order valence-electron chi connectivity index (χ1n) is 17.6. The van der Waals surface area contributed by atoms with Gasteiger partial charge in [0.2, 0.25) is 0 Å². The number of fused-ring (bicyclic) bond motifs is 2. The second-order valence-corrected chi connectivity index (χ2v) is 14.7. The molecule has 2 fully saturated rings. The average Bonchev–Trinajstić information content (AvgIpc) is 3.43. The van der Waals surface area contributed by atoms with Gasteiger partial charge in [-0.15, -0.1) is 0 Å². The number of pyridine rings is 1. The van der Waals surface area contributed by atoms with Crippen molar-refractivity contribution in [2.45, 2.75) is 84.7 Å². The molecule has 9 heteroatoms. The Bertz CT molecular complexity index is 1750. The molecule has 4 aliphatic rings. The Morgan fingerprint density at radius 1 is 0.896 bits per heavy atom. The van der Waals surface area contributed by atoms with Gasteiger partial charge in [0.05, 0.1) is 25.3 Å². The van der Waals surface area contributed by atoms with Crippen molar-refractivity contribution >= 4 is 5.91 Å². The SMILES string of the molecule is Cc1cc(C)c(CN2CCc3c(c(C)c4c(c3-c3ccc(CN5CCOCC5)cc3)OC(C)([C@H]3CC[C@H](N(C)C)CC3)O4)C2=O)c(=O)[nH]1. The van der Waals surface area contributed by atoms with Crippen LogP contribution in [0.4, 0.5) is 0 Å². The third-order valence-electron chi connectivity index (χ3n) is 11.3. The first kappa shape index (κ1) is 32.9. The number of hydrogen-bond donors (Lipinski definition) is 1. The van der Waals surface area contributed by atoms with E-state index in [1.165, 1.54) is 5.56 Å². The zero-order valence-corrected chi connectivity index (χ0v) is 29.4. The van der Waals surface area contributed by atoms with E-state index in [0.717, 1.165) is 97.8 Å². The fourth-order valence-corrected chi connectivity index (χ4v) is 8.38. The number of aromatic amines is 1. The van der Waals surface area contributed by atoms with Gasteiger partial charge in [-0.05, 0) is 95.3 Å². The van der Waals surface area contributed by atoms with Gasteiger partial charge in [-0.2, -0.15) is 0 Å². The lowest BCUT2D eigenvalue weighted by molar-refractivity contribution is -0.123. The number of morpholine rings is 1. The summed E-state index contributed by atoms with van der Waals surface area (Å²) < 4.78 is 19.4. The summed E-state index contributed by atoms with van der Waals surface area (Å²) in [6.45, 7) is 13.0. The van der Waals surface area contributed by atoms with Crippen molar-refractivity contribution in [3.63, 3.8) is 0 Å². The summed E-state index contributed by atoms with van der Waals surface area (Å²) in [5.74, 6) is 0.804. The van der Waals surface area contributed by atoms with Crippen LogP contribution in [0.5, 0.6) is 11.5 Å². The van der Waals surface area contributed by atoms with Crippen LogP contribution < -0.4 is 15.0 Å². The van der Waals surface area contributed by atoms with Crippen LogP contribution in [0.15, 0.2) is 35.1 Å². The van der Waals surface area contributed by atoms with Crippen LogP contribution >= 0.6 is 0 Å². The molecular formula is C39H50N4O5. The smallest absolute Gasteiger partial charge is 0.254 e. The number of amides is 1. The standard InChI is InChI=1S/C39H50N4O5/c1-24-21-25(2)40-37(44)32(24)23-43-16-15-31-33(38(43)45)26(3)35-36(48-39(4,47-35)29-11-13-30(14-12-29)41(5)6)34(31)28-9-7-27(8-10-28)22-42-17-19-46-20-18-42/h7-10,21,29-30H,11-20,22-23H2,1-6H3,(H,40,44)/t29-,30-,39?. The number of ether oxygens (including phenoxy) is 3. The summed E-state index contributed by atoms with van der Waals surface area (Å²) in [6, 6.07) is 11.3. The molecule has 48 heavy (non-hydrogen) atoms. The molecule has 1 unspecified atom stereocenters. The third kappa shape index (κ3) is 6.05. The van der Waals surface area contributed by atoms with E-state index in [4.69, 9.17) is 14.2 Å². The Morgan fingerprint density at radius 3 is 2.25 bits per heavy atom. The monoisotopic (exact) mass is 654 g/mol. The maximum absolute atomic E-state index is 14.5. The van der Waals surface area contributed by atoms with E-state index in [-0.39, 0.29) is 23.9 Å². The van der Waals surface area contributed by atoms with E-state index in [1.807, 2.05) is 31.7 Å². The van der Waals surface area contributed by atoms with Gasteiger partial charge in [0.1, 0.15) is 0 Å². The predicted octanol–water partition coefficient (Wildman–Crippen LogP) is 5.61. The second-order valence-electron chi connectivity index (χ2n) is 14.7. The lowest BCUT2D eigenvalue weighted by Crippen LogP contribution is -2.46. The zero-order chi connectivity index (χ0) is 33.7. The molecule has 0 spiro atoms. The fraction of sp³-hybridized carbons (Fsp3) is 0.538. The lowest BCUT2D eigenvalue weighted by atomic mass is 9.81. The Morgan fingerprint density at radius 2 is 1.58 bits per heavy atom. The minimum Gasteiger partial charge on any atom is -0.448 e. The van der Waals surface area contributed by atoms with Gasteiger partial charge in [0, 0.05) is 67.4 Å². The second kappa shape index (κ2) is 13.0. The highest BCUT2D eigenvalue weighted by atomic mass is 16.7. The Kier molecular flexibility index (Phi) is 8.89. The Balaban J connectivity index is 1.26. The number of H-pyrrole nitrogens is 1. The predicted molar refractivity (Wildman–Crippen MR) is 187 cm³/mol. The summed E-state index contributed by atoms with van der Waals surface area (Å²) in [7, 11) is 4.32. The topological polar surface area (TPSA) is 87.3 Å². The molecule has 2 aromatic carbocycles. The Hall–Kier alpha value is -3.66. The number of nitrogens with one attached hydrogen (secondary N) is 1. The van der Waals surface area contributed by atoms with E-state index < -0.39 is 5.79 Å². The minimum atomic E-state index is -0.811. The summed E-state index contributed by atoms with van der Waals surface area (Å²) >= 11 is 0. The van der Waals surface area contributed by atoms with Crippen LogP contribution in [-0.4, -0.2) is 84.4 Å². The molecule has 1 atom stereocenters. The molecule has 7 rings (SSSR count). The van der Waals surface area contributed by atoms with Gasteiger partial charge in [-0.25, -0.2) is 0 Å². The van der Waals surface area contributed by atoms with Crippen LogP contribution in [0.1, 0.15) is 76.5 Å². The van der Waals surface area contributed by atoms with Gasteiger partial charge in [-0.3, -0.25) is 14.5 Å². The largest absolute Gasteiger partial charge is 0.448 e. The van der Waals surface area contributed by atoms with Crippen LogP contribution in [0, 0.1) is 26.7 Å². The van der Waals surface area contributed by atoms with Crippen molar-refractivity contribution < 1.29 is 19.0 Å². The highest BCUT2D eigenvalue weighted by Gasteiger charge is 2.49. The summed E-state index contributed by atoms with van der Waals surface area (Å²) in [5, 5.41) is 0. The van der Waals surface area contributed by atoms with Crippen LogP contribution in [0.3, 0.4) is 0 Å². The molecule has 1 saturated heterocycles. The van der Waals surface area contributed by atoms with Crippen molar-refractivity contribution in [3.05, 3.63) is 79.8 Å². The summed E-state index contributed by atoms with van der Waals surface area (Å²) in [5.41, 5.74) is 7.97. The average molecular weight is 655 g/mol. The zero-order valence-electron chi connectivity index (χ0n) is 29.4. The lowest BCUT2D eigenvalue weighted by Gasteiger charge is -2.39. The van der Waals surface area contributed by atoms with Crippen LogP contribution in [0.25, 0.3) is 11.1 Å². The van der Waals surface area contributed by atoms with E-state index in [9.17, 15) is 9.59 Å². The van der Waals surface area contributed by atoms with E-state index in [1.54, 1.807) is 0 Å². The molecule has 1 saturated carbocycles. The minimum absolute atomic E-state index is 0.0650. The van der Waals surface area contributed by atoms with Crippen molar-refractivity contribution in [1.29, 1.82) is 0 Å². The normalized spacial score (nSPS) is 24.3. The molecule has 1 amide bonds. The van der Waals surface area contributed by atoms with Crippen molar-refractivity contribution in [1.82, 2.24) is 19.7 Å². The number of benzene rings is 2. The number of aromatic nitrogens is 1. The first-order valence-corrected chi connectivity index (χ1v) is 17.6. The number of nitrogens with zero attached hydrogens (tertiary/aromatic N) is 3. The molecule has 1 aliphatic carbocycles. The van der Waals surface area contributed by atoms with E-state index in [2.05, 4.69) is 60.1 Å². The van der Waals surface area contributed by atoms with Gasteiger partial charge in [0.25, 0.3) is 17.3 Å². The summed E-state index contributed by atoms with van der Waals surface area (Å²) in [4.78, 5) is 36.9. The third-order valence-corrected chi connectivity index (χ3v) is 11.3. The highest BCUT2D eigenvalue weighted by molar-refractivity contribution is 6.02. The molecule has 3 aromatic rings. The number of carbonyl (C=O) groups is 1. The van der Waals surface area contributed by atoms with Gasteiger partial charge in [0.15, 0.2) is 11.5 Å². The first-order chi connectivity index (χ1) is 23.0. The van der Waals surface area contributed by atoms with Gasteiger partial charge in [-0.1, -0.05) is 24.3 Å². The number of rotatable bonds is 7. The molecule has 3 aliphatic heterocycles. The molecule has 1 N–H and O–H groups in total. The van der Waals surface area contributed by atoms with E-state index >= 15 is 0 Å². The Labute approximate surface area is 284 Å². The molecule has 256 valence electrons. The number of carbonyl (C=O) groups excluding carboxylic acids is 1. The van der Waals surface area contributed by atoms with Crippen molar-refractivity contribution in [2.24, 2.45) is 5.92 Å². The summed E-state index contributed by atoms with van der Waals surface area (Å²) in [6.07, 6.45) is 4.92. The molecule has 9 nitrogen and oxygen atoms in total. The fourth-order valence-electron chi connectivity index (χ4n) is 8.38. The van der Waals surface area contributed by atoms with Crippen LogP contribution in [-0.2, 0) is 24.2 Å². The van der Waals surface area contributed by atoms with Crippen molar-refractivity contribution in [2.75, 3.05) is 46.9 Å². The molecule has 0 bridgehead atoms. The maximum Gasteiger partial charge on any atom is 0.254 e. The van der Waals surface area contributed by atoms with Crippen molar-refractivity contribution in [3.8, 4) is 22.6 Å². The van der Waals surface area contributed by atoms with Crippen LogP contribution in [0.2, 0.25) is 0 Å². The quantitative estimate of drug-likeness (QED) is 0.355. The molecule has 1 aromatic heterocycles.